The molecule has 19 heavy (non-hydrogen) atoms. The van der Waals surface area contributed by atoms with Crippen LogP contribution in [0, 0.1) is 0 Å². The Labute approximate surface area is 110 Å². The third-order valence-electron chi connectivity index (χ3n) is 3.11. The van der Waals surface area contributed by atoms with Crippen LogP contribution in [-0.4, -0.2) is 20.5 Å². The van der Waals surface area contributed by atoms with Crippen molar-refractivity contribution in [3.63, 3.8) is 0 Å². The average molecular weight is 251 g/mol. The molecular weight excluding hydrogens is 238 g/mol. The van der Waals surface area contributed by atoms with E-state index < -0.39 is 0 Å². The molecule has 0 fully saturated rings. The first-order valence-corrected chi connectivity index (χ1v) is 6.21. The molecule has 0 unspecified atom stereocenters. The van der Waals surface area contributed by atoms with E-state index in [2.05, 4.69) is 10.1 Å². The summed E-state index contributed by atoms with van der Waals surface area (Å²) in [6, 6.07) is 11.1. The van der Waals surface area contributed by atoms with Crippen LogP contribution in [0.15, 0.2) is 48.8 Å². The molecule has 1 aromatic carbocycles. The van der Waals surface area contributed by atoms with Crippen molar-refractivity contribution in [3.8, 4) is 0 Å². The molecule has 0 amide bonds. The minimum absolute atomic E-state index is 0.00916. The molecule has 2 aromatic heterocycles. The van der Waals surface area contributed by atoms with Gasteiger partial charge in [0, 0.05) is 29.9 Å². The summed E-state index contributed by atoms with van der Waals surface area (Å²) in [6.07, 6.45) is 3.40. The first kappa shape index (κ1) is 11.6. The van der Waals surface area contributed by atoms with E-state index >= 15 is 0 Å². The number of hydrogen-bond acceptors (Lipinski definition) is 3. The van der Waals surface area contributed by atoms with Crippen molar-refractivity contribution in [2.75, 3.05) is 0 Å². The second-order valence-electron chi connectivity index (χ2n) is 4.27. The zero-order chi connectivity index (χ0) is 13.2. The van der Waals surface area contributed by atoms with E-state index in [1.807, 2.05) is 37.3 Å². The summed E-state index contributed by atoms with van der Waals surface area (Å²) in [5.74, 6) is -0.00916. The molecule has 0 N–H and O–H groups in total. The Kier molecular flexibility index (Phi) is 2.83. The minimum atomic E-state index is -0.00916. The summed E-state index contributed by atoms with van der Waals surface area (Å²) in [5.41, 5.74) is 2.17. The second kappa shape index (κ2) is 4.65. The van der Waals surface area contributed by atoms with Crippen LogP contribution in [0.5, 0.6) is 0 Å². The first-order valence-electron chi connectivity index (χ1n) is 6.21. The lowest BCUT2D eigenvalue weighted by molar-refractivity contribution is 0.102. The fraction of sp³-hybridized carbons (Fsp3) is 0.133. The number of nitrogens with zero attached hydrogens (tertiary/aromatic N) is 3. The first-order chi connectivity index (χ1) is 9.29. The van der Waals surface area contributed by atoms with E-state index in [4.69, 9.17) is 0 Å². The number of aryl methyl sites for hydroxylation is 1. The third-order valence-corrected chi connectivity index (χ3v) is 3.11. The Balaban J connectivity index is 2.06. The number of carbonyl (C=O) groups is 1. The maximum Gasteiger partial charge on any atom is 0.211 e. The van der Waals surface area contributed by atoms with Crippen LogP contribution in [0.2, 0.25) is 0 Å². The van der Waals surface area contributed by atoms with Gasteiger partial charge in [-0.3, -0.25) is 14.5 Å². The number of rotatable bonds is 3. The highest BCUT2D eigenvalue weighted by Gasteiger charge is 2.13. The fourth-order valence-electron chi connectivity index (χ4n) is 2.14. The van der Waals surface area contributed by atoms with Crippen molar-refractivity contribution >= 4 is 16.7 Å². The standard InChI is InChI=1S/C15H13N3O/c1-2-18-14(7-9-17-18)15(19)12-5-6-13-11(10-12)4-3-8-16-13/h3-10H,2H2,1H3. The quantitative estimate of drug-likeness (QED) is 0.672. The summed E-state index contributed by atoms with van der Waals surface area (Å²) in [7, 11) is 0. The fourth-order valence-corrected chi connectivity index (χ4v) is 2.14. The van der Waals surface area contributed by atoms with Gasteiger partial charge in [0.25, 0.3) is 0 Å². The van der Waals surface area contributed by atoms with Gasteiger partial charge in [-0.1, -0.05) is 6.07 Å². The number of hydrogen-bond donors (Lipinski definition) is 0. The zero-order valence-electron chi connectivity index (χ0n) is 10.6. The van der Waals surface area contributed by atoms with Gasteiger partial charge in [0.05, 0.1) is 5.52 Å². The molecule has 0 atom stereocenters. The molecule has 3 aromatic rings. The molecule has 3 rings (SSSR count). The molecule has 0 saturated carbocycles. The Morgan fingerprint density at radius 1 is 1.21 bits per heavy atom. The highest BCUT2D eigenvalue weighted by atomic mass is 16.1. The second-order valence-corrected chi connectivity index (χ2v) is 4.27. The summed E-state index contributed by atoms with van der Waals surface area (Å²) in [6.45, 7) is 2.65. The molecule has 94 valence electrons. The van der Waals surface area contributed by atoms with Crippen LogP contribution >= 0.6 is 0 Å². The smallest absolute Gasteiger partial charge is 0.211 e. The summed E-state index contributed by atoms with van der Waals surface area (Å²) in [4.78, 5) is 16.7. The highest BCUT2D eigenvalue weighted by molar-refractivity contribution is 6.09. The van der Waals surface area contributed by atoms with Gasteiger partial charge in [0.1, 0.15) is 5.69 Å². The SMILES string of the molecule is CCn1nccc1C(=O)c1ccc2ncccc2c1. The van der Waals surface area contributed by atoms with Crippen LogP contribution in [0.3, 0.4) is 0 Å². The number of benzene rings is 1. The number of fused-ring (bicyclic) bond motifs is 1. The maximum atomic E-state index is 12.4. The largest absolute Gasteiger partial charge is 0.287 e. The van der Waals surface area contributed by atoms with Crippen molar-refractivity contribution in [1.29, 1.82) is 0 Å². The van der Waals surface area contributed by atoms with E-state index in [9.17, 15) is 4.79 Å². The van der Waals surface area contributed by atoms with Gasteiger partial charge in [0.15, 0.2) is 0 Å². The van der Waals surface area contributed by atoms with Crippen molar-refractivity contribution in [3.05, 3.63) is 60.0 Å². The van der Waals surface area contributed by atoms with Crippen molar-refractivity contribution < 1.29 is 4.79 Å². The average Bonchev–Trinajstić information content (AvgIpc) is 2.94. The van der Waals surface area contributed by atoms with Gasteiger partial charge in [-0.25, -0.2) is 0 Å². The number of pyridine rings is 1. The van der Waals surface area contributed by atoms with E-state index in [-0.39, 0.29) is 5.78 Å². The molecule has 4 nitrogen and oxygen atoms in total. The van der Waals surface area contributed by atoms with Gasteiger partial charge in [0.2, 0.25) is 5.78 Å². The van der Waals surface area contributed by atoms with E-state index in [0.717, 1.165) is 10.9 Å². The van der Waals surface area contributed by atoms with Gasteiger partial charge in [-0.05, 0) is 37.3 Å². The number of ketones is 1. The van der Waals surface area contributed by atoms with Crippen molar-refractivity contribution in [1.82, 2.24) is 14.8 Å². The number of aromatic nitrogens is 3. The van der Waals surface area contributed by atoms with E-state index in [1.165, 1.54) is 0 Å². The summed E-state index contributed by atoms with van der Waals surface area (Å²) >= 11 is 0. The van der Waals surface area contributed by atoms with Crippen molar-refractivity contribution in [2.24, 2.45) is 0 Å². The van der Waals surface area contributed by atoms with E-state index in [1.54, 1.807) is 23.1 Å². The topological polar surface area (TPSA) is 47.8 Å². The molecule has 2 heterocycles. The molecule has 0 aliphatic carbocycles. The molecule has 0 bridgehead atoms. The van der Waals surface area contributed by atoms with Crippen LogP contribution in [0.1, 0.15) is 23.0 Å². The minimum Gasteiger partial charge on any atom is -0.287 e. The van der Waals surface area contributed by atoms with Crippen molar-refractivity contribution in [2.45, 2.75) is 13.5 Å². The van der Waals surface area contributed by atoms with Gasteiger partial charge < -0.3 is 0 Å². The molecule has 0 aliphatic heterocycles. The Bertz CT molecular complexity index is 746. The Morgan fingerprint density at radius 3 is 2.95 bits per heavy atom. The molecule has 0 radical (unpaired) electrons. The predicted molar refractivity (Wildman–Crippen MR) is 73.1 cm³/mol. The summed E-state index contributed by atoms with van der Waals surface area (Å²) in [5, 5.41) is 5.10. The molecular formula is C15H13N3O. The van der Waals surface area contributed by atoms with Gasteiger partial charge in [-0.2, -0.15) is 5.10 Å². The lowest BCUT2D eigenvalue weighted by Gasteiger charge is -2.05. The lowest BCUT2D eigenvalue weighted by atomic mass is 10.1. The van der Waals surface area contributed by atoms with Crippen LogP contribution in [0.4, 0.5) is 0 Å². The Morgan fingerprint density at radius 2 is 2.11 bits per heavy atom. The monoisotopic (exact) mass is 251 g/mol. The molecule has 0 saturated heterocycles. The van der Waals surface area contributed by atoms with E-state index in [0.29, 0.717) is 17.8 Å². The molecule has 0 spiro atoms. The zero-order valence-corrected chi connectivity index (χ0v) is 10.6. The van der Waals surface area contributed by atoms with Crippen LogP contribution in [0.25, 0.3) is 10.9 Å². The van der Waals surface area contributed by atoms with Gasteiger partial charge in [-0.15, -0.1) is 0 Å². The highest BCUT2D eigenvalue weighted by Crippen LogP contribution is 2.16. The third kappa shape index (κ3) is 2.01. The molecule has 4 heteroatoms. The summed E-state index contributed by atoms with van der Waals surface area (Å²) < 4.78 is 1.70. The normalized spacial score (nSPS) is 10.8. The number of carbonyl (C=O) groups excluding carboxylic acids is 1. The van der Waals surface area contributed by atoms with Gasteiger partial charge >= 0.3 is 0 Å². The van der Waals surface area contributed by atoms with Crippen LogP contribution in [-0.2, 0) is 6.54 Å². The lowest BCUT2D eigenvalue weighted by Crippen LogP contribution is -2.10. The van der Waals surface area contributed by atoms with Crippen LogP contribution < -0.4 is 0 Å². The molecule has 0 aliphatic rings. The maximum absolute atomic E-state index is 12.4. The predicted octanol–water partition coefficient (Wildman–Crippen LogP) is 2.68. The Hall–Kier alpha value is -2.49.